The summed E-state index contributed by atoms with van der Waals surface area (Å²) in [6.07, 6.45) is 1.78. The molecule has 6 nitrogen and oxygen atoms in total. The van der Waals surface area contributed by atoms with E-state index in [4.69, 9.17) is 10.5 Å². The van der Waals surface area contributed by atoms with Crippen LogP contribution in [0.15, 0.2) is 24.3 Å². The van der Waals surface area contributed by atoms with Crippen LogP contribution in [-0.4, -0.2) is 44.3 Å². The molecule has 7 heteroatoms. The lowest BCUT2D eigenvalue weighted by Crippen LogP contribution is -2.57. The Labute approximate surface area is 142 Å². The van der Waals surface area contributed by atoms with E-state index in [2.05, 4.69) is 10.1 Å². The standard InChI is InChI=1S/C16H22N2O4.ClH/c1-21-14(19)13-4-2-12(3-5-13)6-9-18-15(20)16(17)7-10-22-11-8-16;/h2-5H,6-11,17H2,1H3,(H,18,20);1H. The van der Waals surface area contributed by atoms with Crippen LogP contribution in [0.3, 0.4) is 0 Å². The molecule has 1 aliphatic rings. The molecule has 23 heavy (non-hydrogen) atoms. The molecule has 1 aromatic rings. The van der Waals surface area contributed by atoms with Crippen LogP contribution in [-0.2, 0) is 20.7 Å². The van der Waals surface area contributed by atoms with Gasteiger partial charge >= 0.3 is 5.97 Å². The van der Waals surface area contributed by atoms with E-state index in [1.54, 1.807) is 12.1 Å². The third-order valence-electron chi connectivity index (χ3n) is 3.91. The van der Waals surface area contributed by atoms with Gasteiger partial charge in [-0.3, -0.25) is 4.79 Å². The van der Waals surface area contributed by atoms with Crippen LogP contribution >= 0.6 is 12.4 Å². The van der Waals surface area contributed by atoms with Crippen molar-refractivity contribution in [3.63, 3.8) is 0 Å². The Kier molecular flexibility index (Phi) is 7.48. The van der Waals surface area contributed by atoms with E-state index in [-0.39, 0.29) is 24.3 Å². The smallest absolute Gasteiger partial charge is 0.337 e. The number of hydrogen-bond acceptors (Lipinski definition) is 5. The van der Waals surface area contributed by atoms with Crippen LogP contribution in [0.5, 0.6) is 0 Å². The van der Waals surface area contributed by atoms with E-state index >= 15 is 0 Å². The monoisotopic (exact) mass is 342 g/mol. The second kappa shape index (κ2) is 8.86. The van der Waals surface area contributed by atoms with Crippen LogP contribution in [0.25, 0.3) is 0 Å². The SMILES string of the molecule is COC(=O)c1ccc(CCNC(=O)C2(N)CCOCC2)cc1.Cl. The number of hydrogen-bond donors (Lipinski definition) is 2. The first-order valence-corrected chi connectivity index (χ1v) is 7.37. The molecule has 0 bridgehead atoms. The molecule has 1 amide bonds. The average molecular weight is 343 g/mol. The average Bonchev–Trinajstić information content (AvgIpc) is 2.55. The number of esters is 1. The maximum Gasteiger partial charge on any atom is 0.337 e. The van der Waals surface area contributed by atoms with E-state index in [0.717, 1.165) is 5.56 Å². The maximum atomic E-state index is 12.1. The van der Waals surface area contributed by atoms with Crippen molar-refractivity contribution in [2.75, 3.05) is 26.9 Å². The van der Waals surface area contributed by atoms with Crippen molar-refractivity contribution >= 4 is 24.3 Å². The van der Waals surface area contributed by atoms with Crippen LogP contribution in [0.4, 0.5) is 0 Å². The second-order valence-corrected chi connectivity index (χ2v) is 5.46. The summed E-state index contributed by atoms with van der Waals surface area (Å²) in [6, 6.07) is 7.13. The predicted octanol–water partition coefficient (Wildman–Crippen LogP) is 1.06. The minimum Gasteiger partial charge on any atom is -0.465 e. The Hall–Kier alpha value is -1.63. The Balaban J connectivity index is 0.00000264. The van der Waals surface area contributed by atoms with Gasteiger partial charge < -0.3 is 20.5 Å². The van der Waals surface area contributed by atoms with Crippen molar-refractivity contribution in [3.8, 4) is 0 Å². The molecule has 2 rings (SSSR count). The van der Waals surface area contributed by atoms with Crippen molar-refractivity contribution in [2.45, 2.75) is 24.8 Å². The van der Waals surface area contributed by atoms with Gasteiger partial charge in [0.15, 0.2) is 0 Å². The zero-order valence-corrected chi connectivity index (χ0v) is 14.0. The molecule has 0 aromatic heterocycles. The maximum absolute atomic E-state index is 12.1. The number of benzene rings is 1. The quantitative estimate of drug-likeness (QED) is 0.781. The molecule has 3 N–H and O–H groups in total. The number of rotatable bonds is 5. The van der Waals surface area contributed by atoms with E-state index < -0.39 is 5.54 Å². The number of methoxy groups -OCH3 is 1. The van der Waals surface area contributed by atoms with Crippen molar-refractivity contribution in [1.82, 2.24) is 5.32 Å². The first-order chi connectivity index (χ1) is 10.5. The number of halogens is 1. The highest BCUT2D eigenvalue weighted by molar-refractivity contribution is 5.89. The van der Waals surface area contributed by atoms with Crippen LogP contribution < -0.4 is 11.1 Å². The molecule has 0 atom stereocenters. The highest BCUT2D eigenvalue weighted by Crippen LogP contribution is 2.17. The Morgan fingerprint density at radius 1 is 1.26 bits per heavy atom. The summed E-state index contributed by atoms with van der Waals surface area (Å²) in [5, 5.41) is 2.88. The van der Waals surface area contributed by atoms with E-state index in [9.17, 15) is 9.59 Å². The fourth-order valence-electron chi connectivity index (χ4n) is 2.38. The fraction of sp³-hybridized carbons (Fsp3) is 0.500. The zero-order valence-electron chi connectivity index (χ0n) is 13.2. The molecular weight excluding hydrogens is 320 g/mol. The molecule has 128 valence electrons. The van der Waals surface area contributed by atoms with Gasteiger partial charge in [0.25, 0.3) is 0 Å². The summed E-state index contributed by atoms with van der Waals surface area (Å²) >= 11 is 0. The number of nitrogens with one attached hydrogen (secondary N) is 1. The van der Waals surface area contributed by atoms with Gasteiger partial charge in [0, 0.05) is 19.8 Å². The Morgan fingerprint density at radius 3 is 2.43 bits per heavy atom. The predicted molar refractivity (Wildman–Crippen MR) is 88.7 cm³/mol. The van der Waals surface area contributed by atoms with Gasteiger partial charge in [-0.25, -0.2) is 4.79 Å². The fourth-order valence-corrected chi connectivity index (χ4v) is 2.38. The summed E-state index contributed by atoms with van der Waals surface area (Å²) in [4.78, 5) is 23.5. The molecule has 1 aliphatic heterocycles. The van der Waals surface area contributed by atoms with Crippen LogP contribution in [0.2, 0.25) is 0 Å². The van der Waals surface area contributed by atoms with Gasteiger partial charge in [0.2, 0.25) is 5.91 Å². The summed E-state index contributed by atoms with van der Waals surface area (Å²) in [5.74, 6) is -0.480. The van der Waals surface area contributed by atoms with Gasteiger partial charge in [-0.2, -0.15) is 0 Å². The van der Waals surface area contributed by atoms with Gasteiger partial charge in [-0.05, 0) is 37.0 Å². The van der Waals surface area contributed by atoms with E-state index in [1.165, 1.54) is 7.11 Å². The van der Waals surface area contributed by atoms with Gasteiger partial charge in [-0.1, -0.05) is 12.1 Å². The molecule has 0 spiro atoms. The van der Waals surface area contributed by atoms with Gasteiger partial charge in [-0.15, -0.1) is 12.4 Å². The van der Waals surface area contributed by atoms with Crippen LogP contribution in [0.1, 0.15) is 28.8 Å². The Bertz CT molecular complexity index is 527. The number of carbonyl (C=O) groups excluding carboxylic acids is 2. The number of amides is 1. The topological polar surface area (TPSA) is 90.7 Å². The number of ether oxygens (including phenoxy) is 2. The van der Waals surface area contributed by atoms with Crippen molar-refractivity contribution in [2.24, 2.45) is 5.73 Å². The second-order valence-electron chi connectivity index (χ2n) is 5.46. The molecule has 0 radical (unpaired) electrons. The molecular formula is C16H23ClN2O4. The third kappa shape index (κ3) is 5.20. The third-order valence-corrected chi connectivity index (χ3v) is 3.91. The summed E-state index contributed by atoms with van der Waals surface area (Å²) < 4.78 is 9.88. The first-order valence-electron chi connectivity index (χ1n) is 7.37. The lowest BCUT2D eigenvalue weighted by molar-refractivity contribution is -0.129. The van der Waals surface area contributed by atoms with Gasteiger partial charge in [0.1, 0.15) is 0 Å². The lowest BCUT2D eigenvalue weighted by atomic mass is 9.90. The Morgan fingerprint density at radius 2 is 1.87 bits per heavy atom. The van der Waals surface area contributed by atoms with Crippen LogP contribution in [0, 0.1) is 0 Å². The van der Waals surface area contributed by atoms with Gasteiger partial charge in [0.05, 0.1) is 18.2 Å². The normalized spacial score (nSPS) is 16.1. The van der Waals surface area contributed by atoms with Crippen molar-refractivity contribution < 1.29 is 19.1 Å². The molecule has 1 fully saturated rings. The zero-order chi connectivity index (χ0) is 16.0. The number of nitrogens with two attached hydrogens (primary N) is 1. The highest BCUT2D eigenvalue weighted by atomic mass is 35.5. The van der Waals surface area contributed by atoms with E-state index in [0.29, 0.717) is 44.6 Å². The first kappa shape index (κ1) is 19.4. The molecule has 1 aromatic carbocycles. The molecule has 1 saturated heterocycles. The molecule has 0 unspecified atom stereocenters. The lowest BCUT2D eigenvalue weighted by Gasteiger charge is -2.31. The minimum absolute atomic E-state index is 0. The van der Waals surface area contributed by atoms with E-state index in [1.807, 2.05) is 12.1 Å². The summed E-state index contributed by atoms with van der Waals surface area (Å²) in [5.41, 5.74) is 6.84. The molecule has 1 heterocycles. The van der Waals surface area contributed by atoms with Crippen molar-refractivity contribution in [3.05, 3.63) is 35.4 Å². The van der Waals surface area contributed by atoms with Crippen molar-refractivity contribution in [1.29, 1.82) is 0 Å². The molecule has 0 saturated carbocycles. The highest BCUT2D eigenvalue weighted by Gasteiger charge is 2.35. The number of carbonyl (C=O) groups is 2. The molecule has 0 aliphatic carbocycles. The largest absolute Gasteiger partial charge is 0.465 e. The summed E-state index contributed by atoms with van der Waals surface area (Å²) in [6.45, 7) is 1.56. The summed E-state index contributed by atoms with van der Waals surface area (Å²) in [7, 11) is 1.35. The minimum atomic E-state index is -0.813.